The van der Waals surface area contributed by atoms with Crippen molar-refractivity contribution >= 4 is 5.78 Å². The van der Waals surface area contributed by atoms with E-state index < -0.39 is 0 Å². The van der Waals surface area contributed by atoms with Gasteiger partial charge < -0.3 is 18.8 Å². The third-order valence-electron chi connectivity index (χ3n) is 6.31. The van der Waals surface area contributed by atoms with Crippen LogP contribution in [0.3, 0.4) is 0 Å². The van der Waals surface area contributed by atoms with Crippen LogP contribution in [0.15, 0.2) is 24.3 Å². The Bertz CT molecular complexity index is 931. The highest BCUT2D eigenvalue weighted by molar-refractivity contribution is 5.99. The number of aromatic nitrogens is 1. The molecule has 7 nitrogen and oxygen atoms in total. The largest absolute Gasteiger partial charge is 0.454 e. The molecule has 7 heteroatoms. The van der Waals surface area contributed by atoms with Gasteiger partial charge in [-0.15, -0.1) is 0 Å². The summed E-state index contributed by atoms with van der Waals surface area (Å²) >= 11 is 0. The topological polar surface area (TPSA) is 56.2 Å². The average Bonchev–Trinajstić information content (AvgIpc) is 3.33. The van der Waals surface area contributed by atoms with Crippen LogP contribution in [0.1, 0.15) is 40.3 Å². The van der Waals surface area contributed by atoms with Crippen LogP contribution in [0.25, 0.3) is 0 Å². The summed E-state index contributed by atoms with van der Waals surface area (Å²) in [6.45, 7) is 12.2. The summed E-state index contributed by atoms with van der Waals surface area (Å²) in [5.41, 5.74) is 4.21. The lowest BCUT2D eigenvalue weighted by Crippen LogP contribution is -2.47. The number of carbonyl (C=O) groups excluding carboxylic acids is 1. The van der Waals surface area contributed by atoms with Crippen molar-refractivity contribution in [2.24, 2.45) is 0 Å². The molecule has 1 fully saturated rings. The maximum absolute atomic E-state index is 13.0. The number of Topliss-reactive ketones (excluding diaryl/α,β-unsaturated/α-hetero) is 1. The summed E-state index contributed by atoms with van der Waals surface area (Å²) in [6, 6.07) is 8.39. The molecule has 4 rings (SSSR count). The fourth-order valence-corrected chi connectivity index (χ4v) is 4.74. The summed E-state index contributed by atoms with van der Waals surface area (Å²) in [4.78, 5) is 17.7. The Balaban J connectivity index is 1.31. The molecule has 0 amide bonds. The van der Waals surface area contributed by atoms with E-state index in [-0.39, 0.29) is 11.8 Å². The van der Waals surface area contributed by atoms with Crippen molar-refractivity contribution in [1.82, 2.24) is 14.4 Å². The molecule has 2 aromatic rings. The van der Waals surface area contributed by atoms with Gasteiger partial charge >= 0.3 is 0 Å². The summed E-state index contributed by atoms with van der Waals surface area (Å²) in [5, 5.41) is 0. The molecule has 0 unspecified atom stereocenters. The highest BCUT2D eigenvalue weighted by atomic mass is 16.7. The zero-order valence-corrected chi connectivity index (χ0v) is 19.0. The Labute approximate surface area is 184 Å². The molecule has 0 spiro atoms. The van der Waals surface area contributed by atoms with E-state index in [0.29, 0.717) is 19.9 Å². The second-order valence-corrected chi connectivity index (χ2v) is 8.62. The average molecular weight is 428 g/mol. The van der Waals surface area contributed by atoms with E-state index in [1.165, 1.54) is 5.56 Å². The van der Waals surface area contributed by atoms with Crippen LogP contribution in [0, 0.1) is 13.8 Å². The van der Waals surface area contributed by atoms with E-state index >= 15 is 0 Å². The van der Waals surface area contributed by atoms with Gasteiger partial charge in [0.15, 0.2) is 17.3 Å². The molecule has 0 saturated carbocycles. The maximum Gasteiger partial charge on any atom is 0.231 e. The molecule has 1 aromatic heterocycles. The number of ether oxygens (including phenoxy) is 3. The van der Waals surface area contributed by atoms with Crippen molar-refractivity contribution in [3.05, 3.63) is 46.8 Å². The molecule has 2 aliphatic rings. The standard InChI is InChI=1S/C24H33N3O4/c1-17-11-21(19(3)27(17)18(2)15-29-4)22(28)14-26-9-7-25(8-10-26)13-20-5-6-23-24(12-20)31-16-30-23/h5-6,11-12,18H,7-10,13-16H2,1-4H3/t18-/m0/s1. The number of piperazine rings is 1. The van der Waals surface area contributed by atoms with E-state index in [0.717, 1.165) is 61.2 Å². The Morgan fingerprint density at radius 2 is 1.77 bits per heavy atom. The molecule has 168 valence electrons. The Morgan fingerprint density at radius 3 is 2.52 bits per heavy atom. The molecule has 1 aromatic carbocycles. The molecule has 31 heavy (non-hydrogen) atoms. The highest BCUT2D eigenvalue weighted by Crippen LogP contribution is 2.32. The minimum absolute atomic E-state index is 0.202. The second kappa shape index (κ2) is 9.42. The molecule has 2 aliphatic heterocycles. The van der Waals surface area contributed by atoms with Crippen LogP contribution in [0.2, 0.25) is 0 Å². The highest BCUT2D eigenvalue weighted by Gasteiger charge is 2.23. The Hall–Kier alpha value is -2.35. The Kier molecular flexibility index (Phi) is 6.65. The van der Waals surface area contributed by atoms with Crippen LogP contribution >= 0.6 is 0 Å². The normalized spacial score (nSPS) is 17.8. The molecule has 0 radical (unpaired) electrons. The number of methoxy groups -OCH3 is 1. The lowest BCUT2D eigenvalue weighted by Gasteiger charge is -2.34. The van der Waals surface area contributed by atoms with Gasteiger partial charge in [0.2, 0.25) is 6.79 Å². The number of hydrogen-bond acceptors (Lipinski definition) is 6. The number of benzene rings is 1. The fraction of sp³-hybridized carbons (Fsp3) is 0.542. The van der Waals surface area contributed by atoms with Gasteiger partial charge in [-0.1, -0.05) is 6.07 Å². The molecule has 0 bridgehead atoms. The maximum atomic E-state index is 13.0. The molecule has 0 N–H and O–H groups in total. The number of carbonyl (C=O) groups is 1. The first-order chi connectivity index (χ1) is 15.0. The molecular weight excluding hydrogens is 394 g/mol. The van der Waals surface area contributed by atoms with Crippen molar-refractivity contribution < 1.29 is 19.0 Å². The third-order valence-corrected chi connectivity index (χ3v) is 6.31. The minimum atomic E-state index is 0.202. The lowest BCUT2D eigenvalue weighted by molar-refractivity contribution is 0.0842. The summed E-state index contributed by atoms with van der Waals surface area (Å²) in [5.74, 6) is 1.86. The van der Waals surface area contributed by atoms with Crippen molar-refractivity contribution in [3.63, 3.8) is 0 Å². The number of fused-ring (bicyclic) bond motifs is 1. The van der Waals surface area contributed by atoms with Gasteiger partial charge in [-0.3, -0.25) is 14.6 Å². The molecule has 1 saturated heterocycles. The first-order valence-electron chi connectivity index (χ1n) is 11.0. The first kappa shape index (κ1) is 21.9. The van der Waals surface area contributed by atoms with Crippen molar-refractivity contribution in [2.45, 2.75) is 33.4 Å². The van der Waals surface area contributed by atoms with Gasteiger partial charge in [0.25, 0.3) is 0 Å². The monoisotopic (exact) mass is 427 g/mol. The third kappa shape index (κ3) is 4.79. The number of nitrogens with zero attached hydrogens (tertiary/aromatic N) is 3. The molecule has 1 atom stereocenters. The number of ketones is 1. The van der Waals surface area contributed by atoms with Crippen LogP contribution in [-0.2, 0) is 11.3 Å². The molecule has 3 heterocycles. The predicted molar refractivity (Wildman–Crippen MR) is 119 cm³/mol. The van der Waals surface area contributed by atoms with Gasteiger partial charge in [-0.2, -0.15) is 0 Å². The lowest BCUT2D eigenvalue weighted by atomic mass is 10.1. The molecular formula is C24H33N3O4. The number of rotatable bonds is 8. The van der Waals surface area contributed by atoms with E-state index in [1.807, 2.05) is 19.1 Å². The van der Waals surface area contributed by atoms with Crippen LogP contribution in [-0.4, -0.2) is 73.4 Å². The van der Waals surface area contributed by atoms with Crippen LogP contribution in [0.4, 0.5) is 0 Å². The predicted octanol–water partition coefficient (Wildman–Crippen LogP) is 3.04. The Morgan fingerprint density at radius 1 is 1.06 bits per heavy atom. The van der Waals surface area contributed by atoms with Crippen molar-refractivity contribution in [1.29, 1.82) is 0 Å². The summed E-state index contributed by atoms with van der Waals surface area (Å²) in [7, 11) is 1.71. The van der Waals surface area contributed by atoms with Gasteiger partial charge in [0.05, 0.1) is 19.2 Å². The number of hydrogen-bond donors (Lipinski definition) is 0. The van der Waals surface area contributed by atoms with Crippen LogP contribution < -0.4 is 9.47 Å². The zero-order chi connectivity index (χ0) is 22.0. The van der Waals surface area contributed by atoms with E-state index in [9.17, 15) is 4.79 Å². The summed E-state index contributed by atoms with van der Waals surface area (Å²) in [6.07, 6.45) is 0. The quantitative estimate of drug-likeness (QED) is 0.604. The second-order valence-electron chi connectivity index (χ2n) is 8.62. The number of aryl methyl sites for hydroxylation is 1. The summed E-state index contributed by atoms with van der Waals surface area (Å²) < 4.78 is 18.4. The van der Waals surface area contributed by atoms with Gasteiger partial charge in [0, 0.05) is 56.8 Å². The smallest absolute Gasteiger partial charge is 0.231 e. The first-order valence-corrected chi connectivity index (χ1v) is 11.0. The fourth-order valence-electron chi connectivity index (χ4n) is 4.74. The van der Waals surface area contributed by atoms with Crippen LogP contribution in [0.5, 0.6) is 11.5 Å². The zero-order valence-electron chi connectivity index (χ0n) is 19.0. The molecule has 0 aliphatic carbocycles. The van der Waals surface area contributed by atoms with E-state index in [1.54, 1.807) is 7.11 Å². The van der Waals surface area contributed by atoms with Crippen molar-refractivity contribution in [3.8, 4) is 11.5 Å². The van der Waals surface area contributed by atoms with Gasteiger partial charge in [0.1, 0.15) is 0 Å². The van der Waals surface area contributed by atoms with Gasteiger partial charge in [-0.05, 0) is 44.5 Å². The van der Waals surface area contributed by atoms with E-state index in [4.69, 9.17) is 14.2 Å². The SMILES string of the molecule is COC[C@H](C)n1c(C)cc(C(=O)CN2CCN(Cc3ccc4c(c3)OCO4)CC2)c1C. The van der Waals surface area contributed by atoms with Crippen molar-refractivity contribution in [2.75, 3.05) is 53.2 Å². The van der Waals surface area contributed by atoms with E-state index in [2.05, 4.69) is 40.3 Å². The van der Waals surface area contributed by atoms with Gasteiger partial charge in [-0.25, -0.2) is 0 Å². The minimum Gasteiger partial charge on any atom is -0.454 e.